The number of fused-ring (bicyclic) bond motifs is 1. The highest BCUT2D eigenvalue weighted by atomic mass is 19.1. The molecule has 1 aliphatic carbocycles. The second-order valence-corrected chi connectivity index (χ2v) is 7.36. The van der Waals surface area contributed by atoms with Gasteiger partial charge in [-0.15, -0.1) is 0 Å². The van der Waals surface area contributed by atoms with Gasteiger partial charge in [0.1, 0.15) is 11.6 Å². The largest absolute Gasteiger partial charge is 0.453 e. The standard InChI is InChI=1S/C23H23F2NO4/c1-14(23(29)26-20-13-18(24)8-9-19(20)25)30-22(28)11-10-21(27)17-7-6-15-4-2-3-5-16(15)12-17/h6-9,12-14H,2-5,10-11H2,1H3,(H,26,29)/t14-/m0/s1. The molecule has 1 atom stereocenters. The van der Waals surface area contributed by atoms with E-state index in [4.69, 9.17) is 4.74 Å². The van der Waals surface area contributed by atoms with Crippen molar-refractivity contribution in [3.8, 4) is 0 Å². The predicted octanol–water partition coefficient (Wildman–Crippen LogP) is 4.38. The molecular formula is C23H23F2NO4. The number of ether oxygens (including phenoxy) is 1. The summed E-state index contributed by atoms with van der Waals surface area (Å²) in [5.41, 5.74) is 2.68. The van der Waals surface area contributed by atoms with E-state index in [0.717, 1.165) is 43.9 Å². The van der Waals surface area contributed by atoms with Crippen LogP contribution in [0.3, 0.4) is 0 Å². The lowest BCUT2D eigenvalue weighted by Gasteiger charge is -2.16. The summed E-state index contributed by atoms with van der Waals surface area (Å²) in [6.45, 7) is 1.32. The zero-order chi connectivity index (χ0) is 21.7. The highest BCUT2D eigenvalue weighted by Crippen LogP contribution is 2.23. The number of halogens is 2. The lowest BCUT2D eigenvalue weighted by molar-refractivity contribution is -0.153. The van der Waals surface area contributed by atoms with E-state index in [1.165, 1.54) is 18.1 Å². The minimum Gasteiger partial charge on any atom is -0.453 e. The Hall–Kier alpha value is -3.09. The SMILES string of the molecule is C[C@H](OC(=O)CCC(=O)c1ccc2c(c1)CCCC2)C(=O)Nc1cc(F)ccc1F. The third kappa shape index (κ3) is 5.49. The Morgan fingerprint density at radius 3 is 2.50 bits per heavy atom. The van der Waals surface area contributed by atoms with E-state index < -0.39 is 29.6 Å². The van der Waals surface area contributed by atoms with Gasteiger partial charge in [-0.3, -0.25) is 14.4 Å². The number of esters is 1. The molecule has 2 aromatic rings. The Bertz CT molecular complexity index is 974. The molecule has 0 aliphatic heterocycles. The quantitative estimate of drug-likeness (QED) is 0.538. The van der Waals surface area contributed by atoms with Crippen LogP contribution < -0.4 is 5.32 Å². The number of carbonyl (C=O) groups excluding carboxylic acids is 3. The number of hydrogen-bond acceptors (Lipinski definition) is 4. The van der Waals surface area contributed by atoms with E-state index in [1.54, 1.807) is 6.07 Å². The van der Waals surface area contributed by atoms with Gasteiger partial charge in [0.2, 0.25) is 0 Å². The average molecular weight is 415 g/mol. The molecule has 0 fully saturated rings. The Morgan fingerprint density at radius 1 is 1.00 bits per heavy atom. The Balaban J connectivity index is 1.49. The summed E-state index contributed by atoms with van der Waals surface area (Å²) in [6.07, 6.45) is 2.80. The number of carbonyl (C=O) groups is 3. The molecule has 1 aliphatic rings. The topological polar surface area (TPSA) is 72.5 Å². The molecular weight excluding hydrogens is 392 g/mol. The minimum absolute atomic E-state index is 0.0372. The van der Waals surface area contributed by atoms with Crippen molar-refractivity contribution in [2.75, 3.05) is 5.32 Å². The van der Waals surface area contributed by atoms with Gasteiger partial charge in [0.05, 0.1) is 12.1 Å². The van der Waals surface area contributed by atoms with Gasteiger partial charge in [-0.1, -0.05) is 12.1 Å². The van der Waals surface area contributed by atoms with Crippen molar-refractivity contribution in [2.45, 2.75) is 51.6 Å². The van der Waals surface area contributed by atoms with E-state index in [9.17, 15) is 23.2 Å². The van der Waals surface area contributed by atoms with Gasteiger partial charge in [0.25, 0.3) is 5.91 Å². The molecule has 0 unspecified atom stereocenters. The maximum absolute atomic E-state index is 13.6. The molecule has 158 valence electrons. The van der Waals surface area contributed by atoms with Crippen LogP contribution in [0.4, 0.5) is 14.5 Å². The van der Waals surface area contributed by atoms with Crippen molar-refractivity contribution < 1.29 is 27.9 Å². The number of nitrogens with one attached hydrogen (secondary N) is 1. The maximum atomic E-state index is 13.6. The van der Waals surface area contributed by atoms with Gasteiger partial charge in [0.15, 0.2) is 11.9 Å². The van der Waals surface area contributed by atoms with Gasteiger partial charge in [-0.05, 0) is 61.9 Å². The van der Waals surface area contributed by atoms with Crippen LogP contribution in [0.2, 0.25) is 0 Å². The van der Waals surface area contributed by atoms with E-state index in [-0.39, 0.29) is 24.3 Å². The van der Waals surface area contributed by atoms with Gasteiger partial charge < -0.3 is 10.1 Å². The predicted molar refractivity (Wildman–Crippen MR) is 107 cm³/mol. The maximum Gasteiger partial charge on any atom is 0.307 e. The molecule has 0 bridgehead atoms. The number of anilines is 1. The van der Waals surface area contributed by atoms with Crippen molar-refractivity contribution in [1.82, 2.24) is 0 Å². The summed E-state index contributed by atoms with van der Waals surface area (Å²) in [4.78, 5) is 36.5. The molecule has 7 heteroatoms. The highest BCUT2D eigenvalue weighted by molar-refractivity contribution is 5.98. The van der Waals surface area contributed by atoms with Crippen LogP contribution in [0.25, 0.3) is 0 Å². The second kappa shape index (κ2) is 9.61. The number of rotatable bonds is 7. The summed E-state index contributed by atoms with van der Waals surface area (Å²) in [6, 6.07) is 8.28. The molecule has 0 spiro atoms. The zero-order valence-electron chi connectivity index (χ0n) is 16.7. The molecule has 2 aromatic carbocycles. The van der Waals surface area contributed by atoms with Crippen molar-refractivity contribution in [3.05, 3.63) is 64.7 Å². The second-order valence-electron chi connectivity index (χ2n) is 7.36. The Labute approximate surface area is 173 Å². The molecule has 0 saturated heterocycles. The number of benzene rings is 2. The van der Waals surface area contributed by atoms with Gasteiger partial charge in [-0.2, -0.15) is 0 Å². The Kier molecular flexibility index (Phi) is 6.92. The molecule has 5 nitrogen and oxygen atoms in total. The number of Topliss-reactive ketones (excluding diaryl/α,β-unsaturated/α-hetero) is 1. The van der Waals surface area contributed by atoms with Crippen molar-refractivity contribution in [2.24, 2.45) is 0 Å². The summed E-state index contributed by atoms with van der Waals surface area (Å²) in [5.74, 6) is -3.20. The molecule has 1 amide bonds. The van der Waals surface area contributed by atoms with Crippen LogP contribution >= 0.6 is 0 Å². The van der Waals surface area contributed by atoms with Crippen LogP contribution in [-0.2, 0) is 27.2 Å². The van der Waals surface area contributed by atoms with Crippen LogP contribution in [-0.4, -0.2) is 23.8 Å². The number of amides is 1. The summed E-state index contributed by atoms with van der Waals surface area (Å²) in [5, 5.41) is 2.18. The van der Waals surface area contributed by atoms with Gasteiger partial charge >= 0.3 is 5.97 Å². The minimum atomic E-state index is -1.22. The summed E-state index contributed by atoms with van der Waals surface area (Å²) < 4.78 is 31.8. The lowest BCUT2D eigenvalue weighted by Crippen LogP contribution is -2.30. The first-order valence-electron chi connectivity index (χ1n) is 9.94. The number of aryl methyl sites for hydroxylation is 2. The fraction of sp³-hybridized carbons (Fsp3) is 0.348. The third-order valence-corrected chi connectivity index (χ3v) is 5.09. The molecule has 0 heterocycles. The molecule has 3 rings (SSSR count). The van der Waals surface area contributed by atoms with Gasteiger partial charge in [0, 0.05) is 18.1 Å². The van der Waals surface area contributed by atoms with Crippen molar-refractivity contribution >= 4 is 23.3 Å². The van der Waals surface area contributed by atoms with E-state index in [2.05, 4.69) is 5.32 Å². The normalized spacial score (nSPS) is 13.8. The molecule has 30 heavy (non-hydrogen) atoms. The molecule has 0 saturated carbocycles. The first-order chi connectivity index (χ1) is 14.3. The fourth-order valence-electron chi connectivity index (χ4n) is 3.40. The Morgan fingerprint density at radius 2 is 1.73 bits per heavy atom. The van der Waals surface area contributed by atoms with Gasteiger partial charge in [-0.25, -0.2) is 8.78 Å². The molecule has 0 radical (unpaired) electrons. The van der Waals surface area contributed by atoms with Crippen molar-refractivity contribution in [1.29, 1.82) is 0 Å². The molecule has 1 N–H and O–H groups in total. The van der Waals surface area contributed by atoms with Crippen LogP contribution in [0, 0.1) is 11.6 Å². The third-order valence-electron chi connectivity index (χ3n) is 5.09. The van der Waals surface area contributed by atoms with E-state index in [1.807, 2.05) is 12.1 Å². The first kappa shape index (κ1) is 21.6. The number of ketones is 1. The summed E-state index contributed by atoms with van der Waals surface area (Å²) >= 11 is 0. The zero-order valence-corrected chi connectivity index (χ0v) is 16.7. The number of hydrogen-bond donors (Lipinski definition) is 1. The average Bonchev–Trinajstić information content (AvgIpc) is 2.74. The monoisotopic (exact) mass is 415 g/mol. The van der Waals surface area contributed by atoms with Crippen LogP contribution in [0.5, 0.6) is 0 Å². The molecule has 0 aromatic heterocycles. The van der Waals surface area contributed by atoms with E-state index in [0.29, 0.717) is 5.56 Å². The van der Waals surface area contributed by atoms with E-state index >= 15 is 0 Å². The highest BCUT2D eigenvalue weighted by Gasteiger charge is 2.20. The fourth-order valence-corrected chi connectivity index (χ4v) is 3.40. The van der Waals surface area contributed by atoms with Crippen molar-refractivity contribution in [3.63, 3.8) is 0 Å². The summed E-state index contributed by atoms with van der Waals surface area (Å²) in [7, 11) is 0. The van der Waals surface area contributed by atoms with Crippen LogP contribution in [0.15, 0.2) is 36.4 Å². The lowest BCUT2D eigenvalue weighted by atomic mass is 9.89. The first-order valence-corrected chi connectivity index (χ1v) is 9.94. The smallest absolute Gasteiger partial charge is 0.307 e. The van der Waals surface area contributed by atoms with Crippen LogP contribution in [0.1, 0.15) is 54.1 Å².